The molecule has 60 heavy (non-hydrogen) atoms. The van der Waals surface area contributed by atoms with E-state index in [1.165, 1.54) is 13.1 Å². The summed E-state index contributed by atoms with van der Waals surface area (Å²) in [5.41, 5.74) is -3.44. The van der Waals surface area contributed by atoms with Crippen molar-refractivity contribution in [2.75, 3.05) is 20.2 Å². The van der Waals surface area contributed by atoms with E-state index in [2.05, 4.69) is 22.5 Å². The third-order valence-electron chi connectivity index (χ3n) is 13.4. The molecule has 5 aliphatic rings. The Morgan fingerprint density at radius 2 is 1.77 bits per heavy atom. The van der Waals surface area contributed by atoms with Gasteiger partial charge in [-0.05, 0) is 76.4 Å². The van der Waals surface area contributed by atoms with Crippen molar-refractivity contribution in [2.24, 2.45) is 16.7 Å². The second-order valence-corrected chi connectivity index (χ2v) is 18.8. The number of alkyl carbamates (subject to hydrolysis) is 1. The second-order valence-electron chi connectivity index (χ2n) is 18.8. The molecule has 1 aromatic carbocycles. The molecule has 3 aliphatic carbocycles. The summed E-state index contributed by atoms with van der Waals surface area (Å²) in [6.45, 7) is 14.9. The van der Waals surface area contributed by atoms with Gasteiger partial charge in [0, 0.05) is 42.8 Å². The van der Waals surface area contributed by atoms with Crippen LogP contribution in [-0.4, -0.2) is 113 Å². The number of aliphatic hydroxyl groups is 2. The lowest BCUT2D eigenvalue weighted by molar-refractivity contribution is -0.352. The van der Waals surface area contributed by atoms with Crippen molar-refractivity contribution in [3.63, 3.8) is 0 Å². The zero-order chi connectivity index (χ0) is 43.4. The topological polar surface area (TPSA) is 193 Å². The fourth-order valence-corrected chi connectivity index (χ4v) is 10.7. The summed E-state index contributed by atoms with van der Waals surface area (Å²) in [6.07, 6.45) is -5.01. The fraction of sp³-hybridized carbons (Fsp3) is 0.644. The lowest BCUT2D eigenvalue weighted by atomic mass is 9.45. The Labute approximate surface area is 351 Å². The number of ether oxygens (including phenoxy) is 7. The quantitative estimate of drug-likeness (QED) is 0.141. The third-order valence-corrected chi connectivity index (χ3v) is 13.4. The summed E-state index contributed by atoms with van der Waals surface area (Å²) in [6, 6.07) is 13.2. The minimum atomic E-state index is -1.94. The number of hydrogen-bond donors (Lipinski definition) is 4. The average Bonchev–Trinajstić information content (AvgIpc) is 3.59. The number of rotatable bonds is 11. The van der Waals surface area contributed by atoms with Gasteiger partial charge < -0.3 is 54.0 Å². The van der Waals surface area contributed by atoms with Gasteiger partial charge in [-0.3, -0.25) is 9.78 Å². The van der Waals surface area contributed by atoms with Gasteiger partial charge in [-0.1, -0.05) is 57.2 Å². The molecule has 3 heterocycles. The molecule has 15 heteroatoms. The number of fused-ring (bicyclic) bond motifs is 8. The summed E-state index contributed by atoms with van der Waals surface area (Å²) in [4.78, 5) is 44.8. The van der Waals surface area contributed by atoms with Crippen LogP contribution in [0.3, 0.4) is 0 Å². The van der Waals surface area contributed by atoms with E-state index in [1.807, 2.05) is 58.2 Å². The van der Waals surface area contributed by atoms with Crippen molar-refractivity contribution in [1.29, 1.82) is 0 Å². The van der Waals surface area contributed by atoms with Crippen LogP contribution in [0.5, 0.6) is 0 Å². The highest BCUT2D eigenvalue weighted by atomic mass is 16.7. The van der Waals surface area contributed by atoms with Crippen molar-refractivity contribution in [3.05, 3.63) is 77.1 Å². The number of aromatic nitrogens is 1. The molecule has 2 bridgehead atoms. The molecular formula is C45H61N3O12. The number of aliphatic hydroxyl groups excluding tert-OH is 1. The lowest BCUT2D eigenvalue weighted by Gasteiger charge is -2.68. The Morgan fingerprint density at radius 3 is 2.38 bits per heavy atom. The first kappa shape index (κ1) is 44.1. The van der Waals surface area contributed by atoms with Crippen LogP contribution in [0.4, 0.5) is 4.79 Å². The highest BCUT2D eigenvalue weighted by Crippen LogP contribution is 2.66. The lowest BCUT2D eigenvalue weighted by Crippen LogP contribution is -2.79. The van der Waals surface area contributed by atoms with Gasteiger partial charge in [0.05, 0.1) is 31.1 Å². The van der Waals surface area contributed by atoms with E-state index in [1.54, 1.807) is 39.0 Å². The standard InChI is InChI=1S/C45H61N3O12/c1-25-29(56-39(51)34(50)33(28-17-13-14-20-47-28)48-40(52)60-41(3,4)5)21-45(53)38(54-23-27-15-11-10-12-16-27)36-43(8,19-18-30-44(36,24-55-30)59-26(2)49)37-35(32(25)42(45,6)7)57-31(58-37)22-46-9/h10-17,20,29-31,33-38,46,50,53H,18-19,21-24H2,1-9H3,(H,48,52)/t29-,30+,31+,33-,34+,35+,36-,37+,38-,43+,44-,45+/m0/s1. The van der Waals surface area contributed by atoms with E-state index in [4.69, 9.17) is 33.2 Å². The number of pyridine rings is 1. The number of nitrogens with zero attached hydrogens (tertiary/aromatic N) is 1. The van der Waals surface area contributed by atoms with Gasteiger partial charge in [0.25, 0.3) is 0 Å². The van der Waals surface area contributed by atoms with Crippen LogP contribution >= 0.6 is 0 Å². The summed E-state index contributed by atoms with van der Waals surface area (Å²) in [5, 5.41) is 31.4. The number of esters is 2. The zero-order valence-corrected chi connectivity index (χ0v) is 36.1. The van der Waals surface area contributed by atoms with E-state index in [-0.39, 0.29) is 25.3 Å². The highest BCUT2D eigenvalue weighted by molar-refractivity contribution is 5.78. The minimum Gasteiger partial charge on any atom is -0.456 e. The first-order valence-corrected chi connectivity index (χ1v) is 20.9. The predicted molar refractivity (Wildman–Crippen MR) is 216 cm³/mol. The minimum absolute atomic E-state index is 0.0866. The van der Waals surface area contributed by atoms with E-state index in [9.17, 15) is 24.6 Å². The van der Waals surface area contributed by atoms with Gasteiger partial charge in [-0.15, -0.1) is 0 Å². The number of likely N-dealkylation sites (N-methyl/N-ethyl adjacent to an activating group) is 1. The monoisotopic (exact) mass is 835 g/mol. The number of hydrogen-bond acceptors (Lipinski definition) is 14. The Morgan fingerprint density at radius 1 is 1.05 bits per heavy atom. The molecule has 2 aromatic rings. The molecule has 1 aromatic heterocycles. The Kier molecular flexibility index (Phi) is 12.0. The zero-order valence-electron chi connectivity index (χ0n) is 36.1. The number of carbonyl (C=O) groups excluding carboxylic acids is 3. The van der Waals surface area contributed by atoms with Crippen LogP contribution in [0.2, 0.25) is 0 Å². The molecule has 15 nitrogen and oxygen atoms in total. The van der Waals surface area contributed by atoms with Crippen molar-refractivity contribution < 1.29 is 57.8 Å². The Hall–Kier alpha value is -3.96. The molecular weight excluding hydrogens is 775 g/mol. The molecule has 12 atom stereocenters. The molecule has 0 radical (unpaired) electrons. The van der Waals surface area contributed by atoms with E-state index < -0.39 is 101 Å². The maximum absolute atomic E-state index is 14.3. The smallest absolute Gasteiger partial charge is 0.408 e. The van der Waals surface area contributed by atoms with E-state index in [0.29, 0.717) is 30.5 Å². The van der Waals surface area contributed by atoms with Gasteiger partial charge in [-0.2, -0.15) is 0 Å². The summed E-state index contributed by atoms with van der Waals surface area (Å²) >= 11 is 0. The van der Waals surface area contributed by atoms with E-state index >= 15 is 0 Å². The van der Waals surface area contributed by atoms with Crippen LogP contribution in [-0.2, 0) is 49.4 Å². The summed E-state index contributed by atoms with van der Waals surface area (Å²) < 4.78 is 45.1. The summed E-state index contributed by atoms with van der Waals surface area (Å²) in [5.74, 6) is -2.25. The SMILES string of the molecule is CNC[C@@H]1O[C@@H]2C3=C(C)[C@@H](OC(=O)[C@H](O)[C@@H](NC(=O)OC(C)(C)C)c4ccccn4)C[C@@](O)([C@@H](OCc4ccccc4)[C@H]4[C@@](C)(CC[C@H]5OC[C@]54OC(C)=O)[C@@H]2O1)C3(C)C. The predicted octanol–water partition coefficient (Wildman–Crippen LogP) is 4.44. The third kappa shape index (κ3) is 7.75. The van der Waals surface area contributed by atoms with Gasteiger partial charge in [0.2, 0.25) is 0 Å². The van der Waals surface area contributed by atoms with E-state index in [0.717, 1.165) is 5.56 Å². The average molecular weight is 836 g/mol. The molecule has 4 N–H and O–H groups in total. The molecule has 4 fully saturated rings. The van der Waals surface area contributed by atoms with Crippen LogP contribution in [0.25, 0.3) is 0 Å². The number of carbonyl (C=O) groups is 3. The van der Waals surface area contributed by atoms with Crippen LogP contribution < -0.4 is 10.6 Å². The molecule has 0 spiro atoms. The maximum atomic E-state index is 14.3. The molecule has 2 aliphatic heterocycles. The number of nitrogens with one attached hydrogen (secondary N) is 2. The van der Waals surface area contributed by atoms with Crippen molar-refractivity contribution in [3.8, 4) is 0 Å². The highest BCUT2D eigenvalue weighted by Gasteiger charge is 2.76. The molecule has 328 valence electrons. The maximum Gasteiger partial charge on any atom is 0.408 e. The van der Waals surface area contributed by atoms with Gasteiger partial charge in [0.1, 0.15) is 35.6 Å². The molecule has 2 saturated heterocycles. The van der Waals surface area contributed by atoms with Crippen LogP contribution in [0.15, 0.2) is 65.9 Å². The number of benzene rings is 1. The van der Waals surface area contributed by atoms with Crippen molar-refractivity contribution >= 4 is 18.0 Å². The molecule has 1 amide bonds. The van der Waals surface area contributed by atoms with Gasteiger partial charge in [0.15, 0.2) is 18.0 Å². The largest absolute Gasteiger partial charge is 0.456 e. The van der Waals surface area contributed by atoms with Gasteiger partial charge >= 0.3 is 18.0 Å². The van der Waals surface area contributed by atoms with Crippen molar-refractivity contribution in [1.82, 2.24) is 15.6 Å². The Balaban J connectivity index is 1.35. The van der Waals surface area contributed by atoms with Crippen LogP contribution in [0, 0.1) is 16.7 Å². The number of amides is 1. The van der Waals surface area contributed by atoms with Crippen molar-refractivity contribution in [2.45, 2.75) is 147 Å². The fourth-order valence-electron chi connectivity index (χ4n) is 10.7. The van der Waals surface area contributed by atoms with Crippen LogP contribution in [0.1, 0.15) is 92.0 Å². The first-order valence-electron chi connectivity index (χ1n) is 20.9. The molecule has 0 unspecified atom stereocenters. The molecule has 7 rings (SSSR count). The van der Waals surface area contributed by atoms with Gasteiger partial charge in [-0.25, -0.2) is 9.59 Å². The molecule has 2 saturated carbocycles. The first-order chi connectivity index (χ1) is 28.3. The normalized spacial score (nSPS) is 35.2. The second kappa shape index (κ2) is 16.4. The summed E-state index contributed by atoms with van der Waals surface area (Å²) in [7, 11) is 1.81. The Bertz CT molecular complexity index is 1940.